The van der Waals surface area contributed by atoms with Crippen LogP contribution in [-0.2, 0) is 4.79 Å². The van der Waals surface area contributed by atoms with E-state index in [1.165, 1.54) is 12.1 Å². The van der Waals surface area contributed by atoms with Gasteiger partial charge in [0, 0.05) is 12.1 Å². The maximum atomic E-state index is 10.4. The second kappa shape index (κ2) is 10.8. The number of rotatable bonds is 3. The Bertz CT molecular complexity index is 441. The monoisotopic (exact) mass is 269 g/mol. The van der Waals surface area contributed by atoms with Crippen LogP contribution in [0.15, 0.2) is 24.3 Å². The van der Waals surface area contributed by atoms with E-state index in [0.717, 1.165) is 18.2 Å². The van der Waals surface area contributed by atoms with Crippen LogP contribution in [0.2, 0.25) is 0 Å². The van der Waals surface area contributed by atoms with E-state index in [0.29, 0.717) is 5.56 Å². The highest BCUT2D eigenvalue weighted by Gasteiger charge is 2.12. The number of nitrogens with zero attached hydrogens (tertiary/aromatic N) is 1. The summed E-state index contributed by atoms with van der Waals surface area (Å²) in [7, 11) is 0. The summed E-state index contributed by atoms with van der Waals surface area (Å²) in [5, 5.41) is 27.9. The Labute approximate surface area is 112 Å². The molecule has 0 aromatic heterocycles. The summed E-state index contributed by atoms with van der Waals surface area (Å²) < 4.78 is 0. The van der Waals surface area contributed by atoms with Gasteiger partial charge in [-0.1, -0.05) is 33.8 Å². The molecular formula is C13H19NO5. The van der Waals surface area contributed by atoms with Crippen LogP contribution in [0, 0.1) is 10.1 Å². The molecule has 1 aromatic carbocycles. The van der Waals surface area contributed by atoms with Gasteiger partial charge in [0.2, 0.25) is 0 Å². The highest BCUT2D eigenvalue weighted by atomic mass is 16.6. The van der Waals surface area contributed by atoms with Gasteiger partial charge in [-0.3, -0.25) is 10.1 Å². The molecule has 0 unspecified atom stereocenters. The van der Waals surface area contributed by atoms with Crippen molar-refractivity contribution < 1.29 is 19.9 Å². The lowest BCUT2D eigenvalue weighted by Gasteiger charge is -1.96. The van der Waals surface area contributed by atoms with Gasteiger partial charge in [0.1, 0.15) is 0 Å². The van der Waals surface area contributed by atoms with Crippen LogP contribution in [-0.4, -0.2) is 21.1 Å². The predicted molar refractivity (Wildman–Crippen MR) is 74.1 cm³/mol. The zero-order valence-corrected chi connectivity index (χ0v) is 11.5. The topological polar surface area (TPSA) is 101 Å². The van der Waals surface area contributed by atoms with Gasteiger partial charge in [-0.05, 0) is 17.7 Å². The molecule has 19 heavy (non-hydrogen) atoms. The van der Waals surface area contributed by atoms with Crippen molar-refractivity contribution in [1.29, 1.82) is 0 Å². The van der Waals surface area contributed by atoms with Gasteiger partial charge in [-0.2, -0.15) is 0 Å². The normalized spacial score (nSPS) is 8.84. The summed E-state index contributed by atoms with van der Waals surface area (Å²) in [6.07, 6.45) is 2.06. The average Bonchev–Trinajstić information content (AvgIpc) is 2.42. The Morgan fingerprint density at radius 2 is 1.79 bits per heavy atom. The van der Waals surface area contributed by atoms with Gasteiger partial charge >= 0.3 is 11.7 Å². The number of phenols is 1. The minimum absolute atomic E-state index is 0.335. The Morgan fingerprint density at radius 3 is 2.21 bits per heavy atom. The van der Waals surface area contributed by atoms with E-state index in [4.69, 9.17) is 10.2 Å². The number of aromatic hydroxyl groups is 1. The number of carboxylic acids is 1. The van der Waals surface area contributed by atoms with E-state index < -0.39 is 22.3 Å². The van der Waals surface area contributed by atoms with Crippen LogP contribution in [0.5, 0.6) is 5.75 Å². The van der Waals surface area contributed by atoms with E-state index in [-0.39, 0.29) is 0 Å². The summed E-state index contributed by atoms with van der Waals surface area (Å²) in [4.78, 5) is 19.9. The first-order chi connectivity index (χ1) is 9.00. The summed E-state index contributed by atoms with van der Waals surface area (Å²) in [5.74, 6) is -1.60. The van der Waals surface area contributed by atoms with Gasteiger partial charge in [0.15, 0.2) is 5.75 Å². The van der Waals surface area contributed by atoms with Gasteiger partial charge in [-0.15, -0.1) is 0 Å². The Morgan fingerprint density at radius 1 is 1.26 bits per heavy atom. The first-order valence-electron chi connectivity index (χ1n) is 5.89. The molecule has 0 bridgehead atoms. The molecule has 1 aromatic rings. The number of nitro benzene ring substituents is 1. The van der Waals surface area contributed by atoms with Crippen molar-refractivity contribution in [1.82, 2.24) is 0 Å². The van der Waals surface area contributed by atoms with E-state index in [9.17, 15) is 14.9 Å². The van der Waals surface area contributed by atoms with Gasteiger partial charge in [-0.25, -0.2) is 4.79 Å². The fourth-order valence-electron chi connectivity index (χ4n) is 0.958. The Balaban J connectivity index is 0. The standard InChI is InChI=1S/C9H7NO5.2C2H6/c11-8-3-1-6(2-4-9(12)13)5-7(8)10(14)15;2*1-2/h1-5,11H,(H,12,13);2*1-2H3/b4-2+;;. The lowest BCUT2D eigenvalue weighted by atomic mass is 10.2. The molecular weight excluding hydrogens is 250 g/mol. The molecule has 0 saturated heterocycles. The summed E-state index contributed by atoms with van der Waals surface area (Å²) in [5.41, 5.74) is -0.121. The fourth-order valence-corrected chi connectivity index (χ4v) is 0.958. The van der Waals surface area contributed by atoms with Crippen molar-refractivity contribution in [2.24, 2.45) is 0 Å². The van der Waals surface area contributed by atoms with Gasteiger partial charge in [0.05, 0.1) is 4.92 Å². The third-order valence-corrected chi connectivity index (χ3v) is 1.61. The molecule has 0 atom stereocenters. The number of nitro groups is 1. The molecule has 106 valence electrons. The van der Waals surface area contributed by atoms with Crippen LogP contribution in [0.3, 0.4) is 0 Å². The van der Waals surface area contributed by atoms with Crippen LogP contribution in [0.1, 0.15) is 33.3 Å². The van der Waals surface area contributed by atoms with Crippen molar-refractivity contribution >= 4 is 17.7 Å². The first-order valence-corrected chi connectivity index (χ1v) is 5.89. The zero-order valence-electron chi connectivity index (χ0n) is 11.5. The second-order valence-corrected chi connectivity index (χ2v) is 2.68. The predicted octanol–water partition coefficient (Wildman–Crippen LogP) is 3.45. The van der Waals surface area contributed by atoms with Gasteiger partial charge in [0.25, 0.3) is 0 Å². The highest BCUT2D eigenvalue weighted by Crippen LogP contribution is 2.26. The van der Waals surface area contributed by atoms with Crippen LogP contribution < -0.4 is 0 Å². The van der Waals surface area contributed by atoms with Crippen molar-refractivity contribution in [3.05, 3.63) is 40.0 Å². The summed E-state index contributed by atoms with van der Waals surface area (Å²) in [6.45, 7) is 8.00. The lowest BCUT2D eigenvalue weighted by molar-refractivity contribution is -0.385. The fraction of sp³-hybridized carbons (Fsp3) is 0.308. The van der Waals surface area contributed by atoms with E-state index in [1.54, 1.807) is 0 Å². The molecule has 0 heterocycles. The molecule has 0 fully saturated rings. The van der Waals surface area contributed by atoms with Crippen molar-refractivity contribution in [2.45, 2.75) is 27.7 Å². The molecule has 0 aliphatic rings. The van der Waals surface area contributed by atoms with Crippen LogP contribution in [0.25, 0.3) is 6.08 Å². The molecule has 6 nitrogen and oxygen atoms in total. The number of hydrogen-bond acceptors (Lipinski definition) is 4. The number of carboxylic acid groups (broad SMARTS) is 1. The number of aliphatic carboxylic acids is 1. The van der Waals surface area contributed by atoms with E-state index in [2.05, 4.69) is 0 Å². The average molecular weight is 269 g/mol. The minimum atomic E-state index is -1.15. The smallest absolute Gasteiger partial charge is 0.328 e. The number of phenolic OH excluding ortho intramolecular Hbond substituents is 1. The molecule has 0 radical (unpaired) electrons. The molecule has 0 spiro atoms. The van der Waals surface area contributed by atoms with Crippen molar-refractivity contribution in [2.75, 3.05) is 0 Å². The maximum absolute atomic E-state index is 10.4. The molecule has 6 heteroatoms. The quantitative estimate of drug-likeness (QED) is 0.497. The van der Waals surface area contributed by atoms with Crippen molar-refractivity contribution in [3.63, 3.8) is 0 Å². The molecule has 0 amide bonds. The number of hydrogen-bond donors (Lipinski definition) is 2. The molecule has 0 aliphatic heterocycles. The third-order valence-electron chi connectivity index (χ3n) is 1.61. The lowest BCUT2D eigenvalue weighted by Crippen LogP contribution is -1.90. The Kier molecular flexibility index (Phi) is 10.8. The largest absolute Gasteiger partial charge is 0.502 e. The van der Waals surface area contributed by atoms with Crippen LogP contribution in [0.4, 0.5) is 5.69 Å². The third kappa shape index (κ3) is 7.54. The van der Waals surface area contributed by atoms with E-state index >= 15 is 0 Å². The molecule has 1 rings (SSSR count). The molecule has 2 N–H and O–H groups in total. The maximum Gasteiger partial charge on any atom is 0.328 e. The number of benzene rings is 1. The molecule has 0 saturated carbocycles. The highest BCUT2D eigenvalue weighted by molar-refractivity contribution is 5.85. The second-order valence-electron chi connectivity index (χ2n) is 2.68. The van der Waals surface area contributed by atoms with Crippen molar-refractivity contribution in [3.8, 4) is 5.75 Å². The summed E-state index contributed by atoms with van der Waals surface area (Å²) in [6, 6.07) is 3.61. The number of carbonyl (C=O) groups is 1. The Hall–Kier alpha value is -2.37. The minimum Gasteiger partial charge on any atom is -0.502 e. The SMILES string of the molecule is CC.CC.O=C(O)/C=C/c1ccc(O)c([N+](=O)[O-])c1. The van der Waals surface area contributed by atoms with E-state index in [1.807, 2.05) is 27.7 Å². The molecule has 0 aliphatic carbocycles. The summed E-state index contributed by atoms with van der Waals surface area (Å²) >= 11 is 0. The zero-order chi connectivity index (χ0) is 15.4. The van der Waals surface area contributed by atoms with Gasteiger partial charge < -0.3 is 10.2 Å². The van der Waals surface area contributed by atoms with Crippen LogP contribution >= 0.6 is 0 Å². The first kappa shape index (κ1) is 19.0.